The van der Waals surface area contributed by atoms with Gasteiger partial charge in [0.05, 0.1) is 26.2 Å². The molecule has 202 valence electrons. The van der Waals surface area contributed by atoms with Crippen LogP contribution in [0.25, 0.3) is 0 Å². The molecule has 39 heavy (non-hydrogen) atoms. The van der Waals surface area contributed by atoms with Gasteiger partial charge in [0, 0.05) is 33.9 Å². The van der Waals surface area contributed by atoms with Crippen molar-refractivity contribution < 1.29 is 19.0 Å². The number of hydrogen-bond donors (Lipinski definition) is 3. The molecule has 0 radical (unpaired) electrons. The fourth-order valence-electron chi connectivity index (χ4n) is 3.32. The van der Waals surface area contributed by atoms with E-state index in [0.717, 1.165) is 27.4 Å². The number of ether oxygens (including phenoxy) is 3. The number of hydrogen-bond acceptors (Lipinski definition) is 10. The minimum absolute atomic E-state index is 0.0564. The molecule has 1 heterocycles. The summed E-state index contributed by atoms with van der Waals surface area (Å²) in [5, 5.41) is 15.4. The van der Waals surface area contributed by atoms with Crippen molar-refractivity contribution in [3.8, 4) is 17.2 Å². The number of aromatic nitrogens is 3. The van der Waals surface area contributed by atoms with Crippen molar-refractivity contribution >= 4 is 51.4 Å². The van der Waals surface area contributed by atoms with Crippen LogP contribution < -0.4 is 30.8 Å². The molecular weight excluding hydrogens is 586 g/mol. The summed E-state index contributed by atoms with van der Waals surface area (Å²) in [6, 6.07) is 20.5. The maximum absolute atomic E-state index is 12.5. The third-order valence-electron chi connectivity index (χ3n) is 5.20. The third-order valence-corrected chi connectivity index (χ3v) is 6.64. The number of nitrogen functional groups attached to an aromatic ring is 1. The Morgan fingerprint density at radius 2 is 1.85 bits per heavy atom. The van der Waals surface area contributed by atoms with Gasteiger partial charge in [0.25, 0.3) is 5.95 Å². The van der Waals surface area contributed by atoms with Gasteiger partial charge in [0.2, 0.25) is 11.1 Å². The molecule has 0 atom stereocenters. The number of thioether (sulfide) groups is 1. The number of nitrogens with two attached hydrogens (primary N) is 1. The maximum atomic E-state index is 12.5. The molecular formula is C26H26BrN7O4S. The number of nitrogens with zero attached hydrogens (tertiary/aromatic N) is 4. The lowest BCUT2D eigenvalue weighted by molar-refractivity contribution is -0.113. The van der Waals surface area contributed by atoms with Crippen LogP contribution in [0.5, 0.6) is 17.2 Å². The van der Waals surface area contributed by atoms with Gasteiger partial charge >= 0.3 is 0 Å². The van der Waals surface area contributed by atoms with Crippen LogP contribution >= 0.6 is 27.7 Å². The first-order chi connectivity index (χ1) is 18.9. The van der Waals surface area contributed by atoms with Gasteiger partial charge in [-0.2, -0.15) is 5.10 Å². The van der Waals surface area contributed by atoms with E-state index >= 15 is 0 Å². The SMILES string of the molecule is COc1cc(NC(=O)CSc2nnc(N/N=C/c3ccccc3OCc3cccc(Br)c3)n2N)cc(OC)c1. The van der Waals surface area contributed by atoms with Crippen LogP contribution in [-0.2, 0) is 11.4 Å². The first-order valence-electron chi connectivity index (χ1n) is 11.6. The molecule has 4 rings (SSSR count). The number of hydrazone groups is 1. The highest BCUT2D eigenvalue weighted by molar-refractivity contribution is 9.10. The van der Waals surface area contributed by atoms with Gasteiger partial charge in [-0.15, -0.1) is 10.2 Å². The van der Waals surface area contributed by atoms with Crippen molar-refractivity contribution in [2.75, 3.05) is 36.6 Å². The zero-order valence-electron chi connectivity index (χ0n) is 21.1. The lowest BCUT2D eigenvalue weighted by Gasteiger charge is -2.10. The highest BCUT2D eigenvalue weighted by Crippen LogP contribution is 2.26. The second-order valence-electron chi connectivity index (χ2n) is 7.94. The van der Waals surface area contributed by atoms with Crippen molar-refractivity contribution in [3.05, 3.63) is 82.3 Å². The van der Waals surface area contributed by atoms with Gasteiger partial charge < -0.3 is 25.4 Å². The minimum atomic E-state index is -0.259. The second kappa shape index (κ2) is 13.5. The van der Waals surface area contributed by atoms with Crippen LogP contribution in [0.1, 0.15) is 11.1 Å². The summed E-state index contributed by atoms with van der Waals surface area (Å²) in [5.74, 6) is 7.90. The van der Waals surface area contributed by atoms with Gasteiger partial charge in [-0.3, -0.25) is 4.79 Å². The predicted molar refractivity (Wildman–Crippen MR) is 155 cm³/mol. The van der Waals surface area contributed by atoms with Crippen molar-refractivity contribution in [3.63, 3.8) is 0 Å². The molecule has 0 bridgehead atoms. The summed E-state index contributed by atoms with van der Waals surface area (Å²) in [6.07, 6.45) is 1.60. The van der Waals surface area contributed by atoms with E-state index in [9.17, 15) is 4.79 Å². The van der Waals surface area contributed by atoms with E-state index in [1.54, 1.807) is 24.4 Å². The molecule has 0 aliphatic carbocycles. The minimum Gasteiger partial charge on any atom is -0.497 e. The Labute approximate surface area is 237 Å². The molecule has 0 saturated heterocycles. The normalized spacial score (nSPS) is 10.8. The molecule has 1 amide bonds. The Balaban J connectivity index is 1.32. The zero-order chi connectivity index (χ0) is 27.6. The molecule has 0 spiro atoms. The van der Waals surface area contributed by atoms with E-state index in [4.69, 9.17) is 20.1 Å². The van der Waals surface area contributed by atoms with Crippen molar-refractivity contribution in [1.29, 1.82) is 0 Å². The van der Waals surface area contributed by atoms with Crippen LogP contribution in [0.2, 0.25) is 0 Å². The summed E-state index contributed by atoms with van der Waals surface area (Å²) in [5.41, 5.74) is 5.12. The van der Waals surface area contributed by atoms with Gasteiger partial charge in [-0.1, -0.05) is 52.0 Å². The van der Waals surface area contributed by atoms with Crippen molar-refractivity contribution in [2.24, 2.45) is 5.10 Å². The average molecular weight is 613 g/mol. The monoisotopic (exact) mass is 611 g/mol. The number of carbonyl (C=O) groups is 1. The fourth-order valence-corrected chi connectivity index (χ4v) is 4.43. The Morgan fingerprint density at radius 1 is 1.08 bits per heavy atom. The number of carbonyl (C=O) groups excluding carboxylic acids is 1. The summed E-state index contributed by atoms with van der Waals surface area (Å²) < 4.78 is 18.6. The summed E-state index contributed by atoms with van der Waals surface area (Å²) in [4.78, 5) is 12.5. The number of para-hydroxylation sites is 1. The lowest BCUT2D eigenvalue weighted by Crippen LogP contribution is -2.17. The fraction of sp³-hybridized carbons (Fsp3) is 0.154. The van der Waals surface area contributed by atoms with Crippen LogP contribution in [0.15, 0.2) is 81.5 Å². The van der Waals surface area contributed by atoms with E-state index in [1.807, 2.05) is 48.5 Å². The lowest BCUT2D eigenvalue weighted by atomic mass is 10.2. The van der Waals surface area contributed by atoms with Crippen molar-refractivity contribution in [2.45, 2.75) is 11.8 Å². The standard InChI is InChI=1S/C26H26BrN7O4S/c1-36-21-11-20(12-22(13-21)37-2)30-24(35)16-39-26-33-32-25(34(26)28)31-29-14-18-7-3-4-9-23(18)38-15-17-6-5-8-19(27)10-17/h3-14H,15-16,28H2,1-2H3,(H,30,35)(H,31,32)/b29-14+. The number of methoxy groups -OCH3 is 2. The molecule has 0 saturated carbocycles. The molecule has 0 aliphatic heterocycles. The van der Waals surface area contributed by atoms with Crippen molar-refractivity contribution in [1.82, 2.24) is 14.9 Å². The van der Waals surface area contributed by atoms with E-state index in [1.165, 1.54) is 18.9 Å². The summed E-state index contributed by atoms with van der Waals surface area (Å²) >= 11 is 4.60. The van der Waals surface area contributed by atoms with Gasteiger partial charge in [-0.25, -0.2) is 10.1 Å². The van der Waals surface area contributed by atoms with E-state index in [-0.39, 0.29) is 17.6 Å². The molecule has 0 fully saturated rings. The number of benzene rings is 3. The predicted octanol–water partition coefficient (Wildman–Crippen LogP) is 4.53. The van der Waals surface area contributed by atoms with Crippen LogP contribution in [-0.4, -0.2) is 47.0 Å². The Kier molecular flexibility index (Phi) is 9.64. The highest BCUT2D eigenvalue weighted by atomic mass is 79.9. The van der Waals surface area contributed by atoms with Gasteiger partial charge in [-0.05, 0) is 29.8 Å². The largest absolute Gasteiger partial charge is 0.497 e. The molecule has 4 aromatic rings. The molecule has 0 unspecified atom stereocenters. The Hall–Kier alpha value is -4.23. The van der Waals surface area contributed by atoms with Gasteiger partial charge in [0.1, 0.15) is 23.9 Å². The number of rotatable bonds is 12. The Bertz CT molecular complexity index is 1440. The Morgan fingerprint density at radius 3 is 2.59 bits per heavy atom. The number of amides is 1. The second-order valence-corrected chi connectivity index (χ2v) is 9.80. The summed E-state index contributed by atoms with van der Waals surface area (Å²) in [6.45, 7) is 0.411. The first kappa shape index (κ1) is 27.8. The summed E-state index contributed by atoms with van der Waals surface area (Å²) in [7, 11) is 3.08. The molecule has 11 nitrogen and oxygen atoms in total. The number of nitrogens with one attached hydrogen (secondary N) is 2. The third kappa shape index (κ3) is 7.88. The molecule has 3 aromatic carbocycles. The molecule has 1 aromatic heterocycles. The topological polar surface area (TPSA) is 138 Å². The molecule has 4 N–H and O–H groups in total. The smallest absolute Gasteiger partial charge is 0.264 e. The maximum Gasteiger partial charge on any atom is 0.264 e. The van der Waals surface area contributed by atoms with Gasteiger partial charge in [0.15, 0.2) is 0 Å². The number of anilines is 2. The number of halogens is 1. The highest BCUT2D eigenvalue weighted by Gasteiger charge is 2.13. The zero-order valence-corrected chi connectivity index (χ0v) is 23.5. The van der Waals surface area contributed by atoms with E-state index in [0.29, 0.717) is 34.7 Å². The van der Waals surface area contributed by atoms with Crippen LogP contribution in [0.3, 0.4) is 0 Å². The van der Waals surface area contributed by atoms with Crippen LogP contribution in [0, 0.1) is 0 Å². The van der Waals surface area contributed by atoms with E-state index in [2.05, 4.69) is 42.0 Å². The van der Waals surface area contributed by atoms with E-state index < -0.39 is 0 Å². The molecule has 13 heteroatoms. The molecule has 0 aliphatic rings. The first-order valence-corrected chi connectivity index (χ1v) is 13.3. The quantitative estimate of drug-likeness (QED) is 0.0912. The average Bonchev–Trinajstić information content (AvgIpc) is 3.30. The van der Waals surface area contributed by atoms with Crippen LogP contribution in [0.4, 0.5) is 11.6 Å².